The van der Waals surface area contributed by atoms with Gasteiger partial charge in [-0.1, -0.05) is 46.2 Å². The first-order valence-electron chi connectivity index (χ1n) is 9.52. The summed E-state index contributed by atoms with van der Waals surface area (Å²) in [7, 11) is 0. The molecule has 1 aromatic carbocycles. The van der Waals surface area contributed by atoms with E-state index in [2.05, 4.69) is 68.2 Å². The van der Waals surface area contributed by atoms with Crippen LogP contribution in [0.3, 0.4) is 0 Å². The first-order valence-corrected chi connectivity index (χ1v) is 9.52. The van der Waals surface area contributed by atoms with Crippen LogP contribution in [0.25, 0.3) is 17.1 Å². The number of hydrogen-bond acceptors (Lipinski definition) is 2. The highest BCUT2D eigenvalue weighted by atomic mass is 15.1. The van der Waals surface area contributed by atoms with Gasteiger partial charge >= 0.3 is 0 Å². The van der Waals surface area contributed by atoms with Crippen molar-refractivity contribution in [3.05, 3.63) is 65.7 Å². The van der Waals surface area contributed by atoms with Crippen molar-refractivity contribution >= 4 is 0 Å². The lowest BCUT2D eigenvalue weighted by Gasteiger charge is -2.15. The molecule has 2 aromatic heterocycles. The van der Waals surface area contributed by atoms with E-state index in [0.29, 0.717) is 0 Å². The minimum Gasteiger partial charge on any atom is -0.299 e. The van der Waals surface area contributed by atoms with Crippen LogP contribution >= 0.6 is 0 Å². The maximum Gasteiger partial charge on any atom is 0.144 e. The number of aromatic nitrogens is 3. The predicted octanol–water partition coefficient (Wildman–Crippen LogP) is 6.17. The van der Waals surface area contributed by atoms with Gasteiger partial charge in [0.15, 0.2) is 0 Å². The van der Waals surface area contributed by atoms with E-state index < -0.39 is 0 Å². The molecule has 0 aliphatic heterocycles. The molecule has 0 aliphatic rings. The molecule has 0 unspecified atom stereocenters. The van der Waals surface area contributed by atoms with E-state index in [-0.39, 0.29) is 0 Å². The molecule has 3 rings (SSSR count). The van der Waals surface area contributed by atoms with E-state index in [1.54, 1.807) is 12.4 Å². The molecular formula is C23H31N3. The number of aryl methyl sites for hydroxylation is 3. The van der Waals surface area contributed by atoms with Crippen molar-refractivity contribution in [2.24, 2.45) is 5.92 Å². The number of nitrogens with zero attached hydrogens (tertiary/aromatic N) is 3. The van der Waals surface area contributed by atoms with Gasteiger partial charge in [-0.2, -0.15) is 0 Å². The fourth-order valence-corrected chi connectivity index (χ4v) is 2.83. The van der Waals surface area contributed by atoms with E-state index in [1.165, 1.54) is 28.8 Å². The summed E-state index contributed by atoms with van der Waals surface area (Å²) < 4.78 is 2.17. The maximum absolute atomic E-state index is 4.52. The van der Waals surface area contributed by atoms with Crippen molar-refractivity contribution in [2.75, 3.05) is 0 Å². The fraction of sp³-hybridized carbons (Fsp3) is 0.391. The average Bonchev–Trinajstić information content (AvgIpc) is 3.11. The van der Waals surface area contributed by atoms with Gasteiger partial charge in [0.05, 0.1) is 5.69 Å². The molecule has 26 heavy (non-hydrogen) atoms. The van der Waals surface area contributed by atoms with Crippen molar-refractivity contribution in [3.8, 4) is 17.1 Å². The Kier molecular flexibility index (Phi) is 7.14. The number of hydrogen-bond donors (Lipinski definition) is 0. The van der Waals surface area contributed by atoms with Crippen molar-refractivity contribution in [3.63, 3.8) is 0 Å². The Hall–Kier alpha value is -2.42. The quantitative estimate of drug-likeness (QED) is 0.564. The average molecular weight is 350 g/mol. The van der Waals surface area contributed by atoms with Crippen LogP contribution in [0.5, 0.6) is 0 Å². The maximum atomic E-state index is 4.52. The molecule has 3 heteroatoms. The minimum absolute atomic E-state index is 0.884. The molecule has 2 heterocycles. The smallest absolute Gasteiger partial charge is 0.144 e. The normalized spacial score (nSPS) is 10.6. The van der Waals surface area contributed by atoms with Crippen molar-refractivity contribution in [1.29, 1.82) is 0 Å². The van der Waals surface area contributed by atoms with Crippen LogP contribution in [-0.4, -0.2) is 14.5 Å². The van der Waals surface area contributed by atoms with E-state index in [4.69, 9.17) is 0 Å². The summed E-state index contributed by atoms with van der Waals surface area (Å²) >= 11 is 0. The molecule has 0 spiro atoms. The predicted molar refractivity (Wildman–Crippen MR) is 111 cm³/mol. The van der Waals surface area contributed by atoms with Gasteiger partial charge in [-0.15, -0.1) is 0 Å². The second-order valence-electron chi connectivity index (χ2n) is 7.09. The zero-order chi connectivity index (χ0) is 19.1. The van der Waals surface area contributed by atoms with Crippen LogP contribution in [0.2, 0.25) is 0 Å². The van der Waals surface area contributed by atoms with E-state index in [9.17, 15) is 0 Å². The van der Waals surface area contributed by atoms with E-state index in [0.717, 1.165) is 23.7 Å². The Balaban J connectivity index is 0.000000431. The Morgan fingerprint density at radius 2 is 1.54 bits per heavy atom. The van der Waals surface area contributed by atoms with E-state index >= 15 is 0 Å². The molecular weight excluding hydrogens is 318 g/mol. The lowest BCUT2D eigenvalue weighted by atomic mass is 10.0. The van der Waals surface area contributed by atoms with Crippen LogP contribution in [0.15, 0.2) is 49.1 Å². The second kappa shape index (κ2) is 9.33. The summed E-state index contributed by atoms with van der Waals surface area (Å²) in [6, 6.07) is 8.51. The molecule has 0 saturated heterocycles. The van der Waals surface area contributed by atoms with Gasteiger partial charge in [-0.25, -0.2) is 4.98 Å². The molecule has 138 valence electrons. The largest absolute Gasteiger partial charge is 0.299 e. The summed E-state index contributed by atoms with van der Waals surface area (Å²) in [4.78, 5) is 8.60. The standard InChI is InChI=1S/C18H19N3.C5H12/c1-4-15-11-13(2)17(14(3)12-15)21-10-9-20-18(21)16-5-7-19-8-6-16;1-4-5(2)3/h5-12H,4H2,1-3H3;5H,4H2,1-3H3. The number of pyridine rings is 1. The van der Waals surface area contributed by atoms with Gasteiger partial charge in [-0.3, -0.25) is 9.55 Å². The Morgan fingerprint density at radius 1 is 0.962 bits per heavy atom. The van der Waals surface area contributed by atoms with Crippen LogP contribution < -0.4 is 0 Å². The molecule has 0 amide bonds. The Labute approximate surface area is 158 Å². The minimum atomic E-state index is 0.884. The highest BCUT2D eigenvalue weighted by molar-refractivity contribution is 5.61. The molecule has 0 atom stereocenters. The van der Waals surface area contributed by atoms with Gasteiger partial charge in [0.1, 0.15) is 5.82 Å². The van der Waals surface area contributed by atoms with Crippen molar-refractivity contribution < 1.29 is 0 Å². The summed E-state index contributed by atoms with van der Waals surface area (Å²) in [6.07, 6.45) is 9.84. The van der Waals surface area contributed by atoms with Crippen LogP contribution in [0.1, 0.15) is 50.8 Å². The second-order valence-corrected chi connectivity index (χ2v) is 7.09. The summed E-state index contributed by atoms with van der Waals surface area (Å²) in [5, 5.41) is 0. The Bertz CT molecular complexity index is 793. The van der Waals surface area contributed by atoms with Gasteiger partial charge in [0, 0.05) is 30.4 Å². The summed E-state index contributed by atoms with van der Waals surface area (Å²) in [6.45, 7) is 13.2. The molecule has 3 nitrogen and oxygen atoms in total. The van der Waals surface area contributed by atoms with Crippen LogP contribution in [-0.2, 0) is 6.42 Å². The Morgan fingerprint density at radius 3 is 2.04 bits per heavy atom. The molecule has 0 N–H and O–H groups in total. The van der Waals surface area contributed by atoms with Crippen molar-refractivity contribution in [2.45, 2.75) is 54.4 Å². The summed E-state index contributed by atoms with van der Waals surface area (Å²) in [5.41, 5.74) is 6.23. The molecule has 3 aromatic rings. The van der Waals surface area contributed by atoms with Gasteiger partial charge in [-0.05, 0) is 55.0 Å². The lowest BCUT2D eigenvalue weighted by molar-refractivity contribution is 0.626. The zero-order valence-corrected chi connectivity index (χ0v) is 17.0. The van der Waals surface area contributed by atoms with Gasteiger partial charge in [0.2, 0.25) is 0 Å². The monoisotopic (exact) mass is 349 g/mol. The van der Waals surface area contributed by atoms with Crippen molar-refractivity contribution in [1.82, 2.24) is 14.5 Å². The lowest BCUT2D eigenvalue weighted by Crippen LogP contribution is -2.02. The molecule has 0 aliphatic carbocycles. The van der Waals surface area contributed by atoms with Crippen LogP contribution in [0.4, 0.5) is 0 Å². The highest BCUT2D eigenvalue weighted by Crippen LogP contribution is 2.26. The van der Waals surface area contributed by atoms with Gasteiger partial charge < -0.3 is 0 Å². The zero-order valence-electron chi connectivity index (χ0n) is 17.0. The fourth-order valence-electron chi connectivity index (χ4n) is 2.83. The number of imidazole rings is 1. The molecule has 0 fully saturated rings. The topological polar surface area (TPSA) is 30.7 Å². The highest BCUT2D eigenvalue weighted by Gasteiger charge is 2.12. The SMILES string of the molecule is CCC(C)C.CCc1cc(C)c(-n2ccnc2-c2ccncc2)c(C)c1. The van der Waals surface area contributed by atoms with E-state index in [1.807, 2.05) is 24.5 Å². The number of benzene rings is 1. The first-order chi connectivity index (χ1) is 12.5. The first kappa shape index (κ1) is 19.9. The molecule has 0 saturated carbocycles. The van der Waals surface area contributed by atoms with Gasteiger partial charge in [0.25, 0.3) is 0 Å². The molecule has 0 bridgehead atoms. The molecule has 0 radical (unpaired) electrons. The third kappa shape index (κ3) is 4.81. The van der Waals surface area contributed by atoms with Crippen LogP contribution in [0, 0.1) is 19.8 Å². The third-order valence-corrected chi connectivity index (χ3v) is 4.60. The summed E-state index contributed by atoms with van der Waals surface area (Å²) in [5.74, 6) is 1.84. The number of rotatable bonds is 4. The third-order valence-electron chi connectivity index (χ3n) is 4.60.